The van der Waals surface area contributed by atoms with E-state index in [-0.39, 0.29) is 34.5 Å². The number of hydrogen-bond acceptors (Lipinski definition) is 4. The molecule has 2 saturated carbocycles. The largest absolute Gasteiger partial charge is 0.393 e. The molecule has 40 heavy (non-hydrogen) atoms. The molecule has 0 bridgehead atoms. The molecule has 2 heterocycles. The number of carbonyl (C=O) groups is 2. The Labute approximate surface area is 244 Å². The van der Waals surface area contributed by atoms with Crippen LogP contribution in [0.4, 0.5) is 4.39 Å². The van der Waals surface area contributed by atoms with Crippen molar-refractivity contribution in [3.05, 3.63) is 69.1 Å². The summed E-state index contributed by atoms with van der Waals surface area (Å²) in [7, 11) is 0. The quantitative estimate of drug-likeness (QED) is 0.357. The highest BCUT2D eigenvalue weighted by atomic mass is 35.5. The second-order valence-electron chi connectivity index (χ2n) is 12.3. The van der Waals surface area contributed by atoms with Gasteiger partial charge in [-0.25, -0.2) is 4.39 Å². The average Bonchev–Trinajstić information content (AvgIpc) is 3.61. The molecule has 6 rings (SSSR count). The topological polar surface area (TPSA) is 90.5 Å². The molecule has 4 N–H and O–H groups in total. The molecule has 2 saturated heterocycles. The Morgan fingerprint density at radius 3 is 2.62 bits per heavy atom. The first-order chi connectivity index (χ1) is 19.1. The van der Waals surface area contributed by atoms with Crippen LogP contribution in [0.3, 0.4) is 0 Å². The first-order valence-corrected chi connectivity index (χ1v) is 15.2. The number of amides is 2. The van der Waals surface area contributed by atoms with Gasteiger partial charge in [-0.15, -0.1) is 0 Å². The van der Waals surface area contributed by atoms with E-state index in [0.717, 1.165) is 25.7 Å². The summed E-state index contributed by atoms with van der Waals surface area (Å²) in [5.41, 5.74) is 0.196. The van der Waals surface area contributed by atoms with E-state index in [4.69, 9.17) is 23.2 Å². The molecule has 4 fully saturated rings. The maximum atomic E-state index is 16.0. The Morgan fingerprint density at radius 1 is 1.18 bits per heavy atom. The molecule has 214 valence electrons. The zero-order chi connectivity index (χ0) is 28.2. The minimum atomic E-state index is -1.22. The Hall–Kier alpha value is -2.19. The number of benzene rings is 1. The zero-order valence-corrected chi connectivity index (χ0v) is 24.1. The van der Waals surface area contributed by atoms with Gasteiger partial charge in [0.05, 0.1) is 22.6 Å². The van der Waals surface area contributed by atoms with E-state index < -0.39 is 34.6 Å². The van der Waals surface area contributed by atoms with Crippen LogP contribution in [0.15, 0.2) is 52.7 Å². The maximum Gasteiger partial charge on any atom is 0.238 e. The van der Waals surface area contributed by atoms with Crippen molar-refractivity contribution in [2.24, 2.45) is 10.8 Å². The summed E-state index contributed by atoms with van der Waals surface area (Å²) in [6, 6.07) is 3.33. The molecule has 6 nitrogen and oxygen atoms in total. The summed E-state index contributed by atoms with van der Waals surface area (Å²) >= 11 is 12.7. The Kier molecular flexibility index (Phi) is 7.39. The van der Waals surface area contributed by atoms with Crippen molar-refractivity contribution in [3.8, 4) is 0 Å². The number of nitrogens with one attached hydrogen (secondary N) is 3. The van der Waals surface area contributed by atoms with E-state index in [1.165, 1.54) is 11.6 Å². The molecule has 1 unspecified atom stereocenters. The van der Waals surface area contributed by atoms with Crippen LogP contribution < -0.4 is 16.0 Å². The lowest BCUT2D eigenvalue weighted by Gasteiger charge is -2.46. The van der Waals surface area contributed by atoms with Crippen molar-refractivity contribution >= 4 is 35.0 Å². The van der Waals surface area contributed by atoms with Gasteiger partial charge < -0.3 is 15.7 Å². The van der Waals surface area contributed by atoms with E-state index in [1.54, 1.807) is 18.2 Å². The number of fused-ring (bicyclic) bond motifs is 2. The minimum absolute atomic E-state index is 0.0448. The SMILES string of the molecule is CC12CC=C(Cl)C=C1NC(=O)[C@]21[C@@H](C=C2CCCC2)N[C@@H](C(=O)NC2CCC(O)CC2)[C@@H]1c1cccc(Cl)c1F. The fourth-order valence-electron chi connectivity index (χ4n) is 7.99. The number of rotatable bonds is 4. The van der Waals surface area contributed by atoms with Crippen molar-refractivity contribution in [3.63, 3.8) is 0 Å². The van der Waals surface area contributed by atoms with Gasteiger partial charge in [-0.1, -0.05) is 60.0 Å². The molecule has 2 amide bonds. The van der Waals surface area contributed by atoms with E-state index in [1.807, 2.05) is 13.0 Å². The third-order valence-electron chi connectivity index (χ3n) is 10.1. The number of halogens is 3. The van der Waals surface area contributed by atoms with Gasteiger partial charge in [0.15, 0.2) is 0 Å². The van der Waals surface area contributed by atoms with E-state index in [0.29, 0.717) is 42.8 Å². The molecule has 1 spiro atoms. The Balaban J connectivity index is 1.51. The number of aliphatic hydroxyl groups is 1. The summed E-state index contributed by atoms with van der Waals surface area (Å²) in [5, 5.41) is 20.3. The second kappa shape index (κ2) is 10.6. The predicted octanol–water partition coefficient (Wildman–Crippen LogP) is 5.36. The smallest absolute Gasteiger partial charge is 0.238 e. The van der Waals surface area contributed by atoms with Crippen LogP contribution in [0.5, 0.6) is 0 Å². The summed E-state index contributed by atoms with van der Waals surface area (Å²) in [6.45, 7) is 2.02. The number of allylic oxidation sites excluding steroid dienone is 5. The summed E-state index contributed by atoms with van der Waals surface area (Å²) in [6.07, 6.45) is 12.6. The maximum absolute atomic E-state index is 16.0. The van der Waals surface area contributed by atoms with Gasteiger partial charge in [0.2, 0.25) is 11.8 Å². The first kappa shape index (κ1) is 28.0. The van der Waals surface area contributed by atoms with Crippen molar-refractivity contribution in [1.82, 2.24) is 16.0 Å². The van der Waals surface area contributed by atoms with Crippen LogP contribution in [0.1, 0.15) is 76.2 Å². The highest BCUT2D eigenvalue weighted by Gasteiger charge is 2.73. The molecule has 5 atom stereocenters. The van der Waals surface area contributed by atoms with Gasteiger partial charge in [0.1, 0.15) is 5.82 Å². The Bertz CT molecular complexity index is 1310. The molecule has 9 heteroatoms. The van der Waals surface area contributed by atoms with Gasteiger partial charge in [-0.3, -0.25) is 14.9 Å². The first-order valence-electron chi connectivity index (χ1n) is 14.4. The Morgan fingerprint density at radius 2 is 1.90 bits per heavy atom. The van der Waals surface area contributed by atoms with E-state index >= 15 is 4.39 Å². The molecular weight excluding hydrogens is 552 g/mol. The second-order valence-corrected chi connectivity index (χ2v) is 13.1. The lowest BCUT2D eigenvalue weighted by Crippen LogP contribution is -2.52. The third-order valence-corrected chi connectivity index (χ3v) is 10.6. The number of hydrogen-bond donors (Lipinski definition) is 4. The van der Waals surface area contributed by atoms with E-state index in [9.17, 15) is 14.7 Å². The van der Waals surface area contributed by atoms with Crippen LogP contribution in [0, 0.1) is 16.6 Å². The molecule has 2 aliphatic heterocycles. The van der Waals surface area contributed by atoms with Crippen molar-refractivity contribution < 1.29 is 19.1 Å². The van der Waals surface area contributed by atoms with Gasteiger partial charge in [-0.05, 0) is 75.5 Å². The van der Waals surface area contributed by atoms with Gasteiger partial charge in [0.25, 0.3) is 0 Å². The van der Waals surface area contributed by atoms with Gasteiger partial charge >= 0.3 is 0 Å². The molecule has 1 aromatic rings. The number of carbonyl (C=O) groups excluding carboxylic acids is 2. The summed E-state index contributed by atoms with van der Waals surface area (Å²) in [4.78, 5) is 28.6. The van der Waals surface area contributed by atoms with Gasteiger partial charge in [-0.2, -0.15) is 0 Å². The highest BCUT2D eigenvalue weighted by molar-refractivity contribution is 6.31. The number of aliphatic hydroxyl groups excluding tert-OH is 1. The normalized spacial score (nSPS) is 37.2. The predicted molar refractivity (Wildman–Crippen MR) is 153 cm³/mol. The minimum Gasteiger partial charge on any atom is -0.393 e. The molecule has 1 aromatic carbocycles. The van der Waals surface area contributed by atoms with Crippen LogP contribution in [-0.4, -0.2) is 41.2 Å². The summed E-state index contributed by atoms with van der Waals surface area (Å²) in [5.74, 6) is -1.96. The fourth-order valence-corrected chi connectivity index (χ4v) is 8.36. The molecular formula is C31H36Cl2FN3O3. The fraction of sp³-hybridized carbons (Fsp3) is 0.548. The molecule has 0 aromatic heterocycles. The lowest BCUT2D eigenvalue weighted by atomic mass is 9.52. The molecule has 5 aliphatic rings. The van der Waals surface area contributed by atoms with Crippen molar-refractivity contribution in [2.45, 2.75) is 94.9 Å². The lowest BCUT2D eigenvalue weighted by molar-refractivity contribution is -0.133. The molecule has 3 aliphatic carbocycles. The van der Waals surface area contributed by atoms with Crippen LogP contribution in [0.25, 0.3) is 0 Å². The van der Waals surface area contributed by atoms with Crippen molar-refractivity contribution in [1.29, 1.82) is 0 Å². The zero-order valence-electron chi connectivity index (χ0n) is 22.6. The molecule has 0 radical (unpaired) electrons. The van der Waals surface area contributed by atoms with Crippen molar-refractivity contribution in [2.75, 3.05) is 0 Å². The van der Waals surface area contributed by atoms with Gasteiger partial charge in [0, 0.05) is 34.1 Å². The third kappa shape index (κ3) is 4.36. The van der Waals surface area contributed by atoms with Crippen LogP contribution in [0.2, 0.25) is 5.02 Å². The summed E-state index contributed by atoms with van der Waals surface area (Å²) < 4.78 is 16.0. The standard InChI is InChI=1S/C31H36Cl2FN3O3/c1-30-14-13-18(32)16-23(30)37-29(40)31(30)24(15-17-5-2-3-6-17)36-27(25(31)21-7-4-8-22(33)26(21)34)28(39)35-19-9-11-20(38)12-10-19/h4,7-8,13,15-16,19-20,24-25,27,36,38H,2-3,5-6,9-12,14H2,1H3,(H,35,39)(H,37,40)/t19?,20?,24-,25+,27-,30?,31-/m1/s1. The highest BCUT2D eigenvalue weighted by Crippen LogP contribution is 2.65. The monoisotopic (exact) mass is 587 g/mol. The van der Waals surface area contributed by atoms with Crippen LogP contribution >= 0.6 is 23.2 Å². The average molecular weight is 589 g/mol. The van der Waals surface area contributed by atoms with E-state index in [2.05, 4.69) is 22.0 Å². The van der Waals surface area contributed by atoms with Crippen LogP contribution in [-0.2, 0) is 9.59 Å².